The van der Waals surface area contributed by atoms with E-state index in [0.29, 0.717) is 24.9 Å². The van der Waals surface area contributed by atoms with Crippen LogP contribution in [0.4, 0.5) is 14.6 Å². The Hall–Kier alpha value is -2.52. The molecule has 0 aromatic carbocycles. The molecule has 1 saturated heterocycles. The maximum absolute atomic E-state index is 13.3. The zero-order valence-electron chi connectivity index (χ0n) is 17.6. The number of hydrogen-bond donors (Lipinski definition) is 1. The third-order valence-electron chi connectivity index (χ3n) is 5.83. The third kappa shape index (κ3) is 6.01. The molecule has 1 N–H and O–H groups in total. The third-order valence-corrected chi connectivity index (χ3v) is 5.83. The van der Waals surface area contributed by atoms with Crippen molar-refractivity contribution in [3.05, 3.63) is 11.9 Å². The number of nitrogens with one attached hydrogen (secondary N) is 1. The maximum Gasteiger partial charge on any atom is 0.305 e. The molecule has 0 radical (unpaired) electrons. The zero-order chi connectivity index (χ0) is 22.0. The van der Waals surface area contributed by atoms with E-state index in [9.17, 15) is 18.4 Å². The van der Waals surface area contributed by atoms with Crippen LogP contribution in [-0.4, -0.2) is 60.6 Å². The summed E-state index contributed by atoms with van der Waals surface area (Å²) in [6.07, 6.45) is 7.16. The quantitative estimate of drug-likeness (QED) is 0.531. The Morgan fingerprint density at radius 1 is 1.26 bits per heavy atom. The van der Waals surface area contributed by atoms with Gasteiger partial charge in [0, 0.05) is 12.5 Å². The van der Waals surface area contributed by atoms with Crippen LogP contribution >= 0.6 is 0 Å². The molecule has 2 aliphatic carbocycles. The fourth-order valence-corrected chi connectivity index (χ4v) is 3.59. The number of amides is 1. The van der Waals surface area contributed by atoms with E-state index in [1.165, 1.54) is 18.2 Å². The van der Waals surface area contributed by atoms with Crippen molar-refractivity contribution in [1.82, 2.24) is 15.3 Å². The number of ether oxygens (including phenoxy) is 2. The molecular weight excluding hydrogens is 410 g/mol. The number of aromatic nitrogens is 2. The van der Waals surface area contributed by atoms with Crippen molar-refractivity contribution in [3.63, 3.8) is 0 Å². The molecule has 1 amide bonds. The van der Waals surface area contributed by atoms with Crippen LogP contribution < -0.4 is 15.0 Å². The first-order valence-corrected chi connectivity index (χ1v) is 10.8. The molecular formula is C21H28F2N4O4. The molecule has 0 unspecified atom stereocenters. The lowest BCUT2D eigenvalue weighted by Gasteiger charge is -2.39. The first kappa shape index (κ1) is 21.7. The molecule has 2 saturated carbocycles. The Labute approximate surface area is 179 Å². The summed E-state index contributed by atoms with van der Waals surface area (Å²) >= 11 is 0. The van der Waals surface area contributed by atoms with Gasteiger partial charge < -0.3 is 19.7 Å². The standard InChI is InChI=1S/C21H28F2N4O4/c1-30-17(28)7-6-15(8-13-2-3-13)25-19(29)16-9-24-18(27-11-21(22,23)12-27)20(26-16)31-10-14-4-5-14/h9,13-15H,2-8,10-12H2,1H3,(H,25,29)/t15-/m0/s1. The van der Waals surface area contributed by atoms with Crippen LogP contribution in [0.3, 0.4) is 0 Å². The van der Waals surface area contributed by atoms with E-state index in [-0.39, 0.29) is 35.8 Å². The molecule has 31 heavy (non-hydrogen) atoms. The number of rotatable bonds is 11. The molecule has 1 aliphatic heterocycles. The molecule has 3 fully saturated rings. The number of esters is 1. The molecule has 1 atom stereocenters. The zero-order valence-corrected chi connectivity index (χ0v) is 17.6. The lowest BCUT2D eigenvalue weighted by Crippen LogP contribution is -2.56. The Balaban J connectivity index is 1.43. The van der Waals surface area contributed by atoms with E-state index in [2.05, 4.69) is 15.3 Å². The van der Waals surface area contributed by atoms with Crippen molar-refractivity contribution in [1.29, 1.82) is 0 Å². The molecule has 170 valence electrons. The van der Waals surface area contributed by atoms with Crippen molar-refractivity contribution in [2.75, 3.05) is 31.7 Å². The summed E-state index contributed by atoms with van der Waals surface area (Å²) < 4.78 is 37.1. The Kier molecular flexibility index (Phi) is 6.24. The highest BCUT2D eigenvalue weighted by Gasteiger charge is 2.46. The van der Waals surface area contributed by atoms with E-state index in [1.807, 2.05) is 0 Å². The summed E-state index contributed by atoms with van der Waals surface area (Å²) in [5, 5.41) is 2.94. The molecule has 0 bridgehead atoms. The van der Waals surface area contributed by atoms with Gasteiger partial charge in [0.2, 0.25) is 0 Å². The molecule has 3 aliphatic rings. The van der Waals surface area contributed by atoms with E-state index in [0.717, 1.165) is 32.1 Å². The summed E-state index contributed by atoms with van der Waals surface area (Å²) in [5.74, 6) is -2.14. The number of methoxy groups -OCH3 is 1. The first-order chi connectivity index (χ1) is 14.8. The van der Waals surface area contributed by atoms with Crippen LogP contribution in [0, 0.1) is 11.8 Å². The van der Waals surface area contributed by atoms with Gasteiger partial charge in [-0.3, -0.25) is 9.59 Å². The summed E-state index contributed by atoms with van der Waals surface area (Å²) in [4.78, 5) is 34.3. The number of carbonyl (C=O) groups is 2. The summed E-state index contributed by atoms with van der Waals surface area (Å²) in [5.41, 5.74) is 0.0701. The van der Waals surface area contributed by atoms with Crippen molar-refractivity contribution in [2.45, 2.75) is 56.9 Å². The molecule has 2 heterocycles. The van der Waals surface area contributed by atoms with Gasteiger partial charge in [-0.25, -0.2) is 18.7 Å². The lowest BCUT2D eigenvalue weighted by molar-refractivity contribution is -0.140. The van der Waals surface area contributed by atoms with E-state index < -0.39 is 24.9 Å². The summed E-state index contributed by atoms with van der Waals surface area (Å²) in [7, 11) is 1.34. The Morgan fingerprint density at radius 2 is 1.97 bits per heavy atom. The van der Waals surface area contributed by atoms with E-state index >= 15 is 0 Å². The number of alkyl halides is 2. The number of carbonyl (C=O) groups excluding carboxylic acids is 2. The van der Waals surface area contributed by atoms with Crippen molar-refractivity contribution < 1.29 is 27.8 Å². The second-order valence-electron chi connectivity index (χ2n) is 8.81. The summed E-state index contributed by atoms with van der Waals surface area (Å²) in [6.45, 7) is -0.450. The van der Waals surface area contributed by atoms with Gasteiger partial charge in [0.05, 0.1) is 33.0 Å². The number of halogens is 2. The van der Waals surface area contributed by atoms with Crippen LogP contribution in [0.2, 0.25) is 0 Å². The minimum Gasteiger partial charge on any atom is -0.475 e. The average molecular weight is 438 g/mol. The van der Waals surface area contributed by atoms with Crippen molar-refractivity contribution in [2.24, 2.45) is 11.8 Å². The fraction of sp³-hybridized carbons (Fsp3) is 0.714. The van der Waals surface area contributed by atoms with Crippen LogP contribution in [-0.2, 0) is 9.53 Å². The topological polar surface area (TPSA) is 93.6 Å². The average Bonchev–Trinajstić information content (AvgIpc) is 3.63. The fourth-order valence-electron chi connectivity index (χ4n) is 3.59. The number of hydrogen-bond acceptors (Lipinski definition) is 7. The Morgan fingerprint density at radius 3 is 2.58 bits per heavy atom. The predicted octanol–water partition coefficient (Wildman–Crippen LogP) is 2.57. The smallest absolute Gasteiger partial charge is 0.305 e. The predicted molar refractivity (Wildman–Crippen MR) is 107 cm³/mol. The van der Waals surface area contributed by atoms with Gasteiger partial charge in [-0.15, -0.1) is 0 Å². The molecule has 1 aromatic rings. The Bertz CT molecular complexity index is 822. The van der Waals surface area contributed by atoms with Crippen molar-refractivity contribution in [3.8, 4) is 5.88 Å². The SMILES string of the molecule is COC(=O)CC[C@@H](CC1CC1)NC(=O)c1cnc(N2CC(F)(F)C2)c(OCC2CC2)n1. The second kappa shape index (κ2) is 8.92. The highest BCUT2D eigenvalue weighted by molar-refractivity contribution is 5.92. The summed E-state index contributed by atoms with van der Waals surface area (Å²) in [6, 6.07) is -0.175. The molecule has 10 heteroatoms. The van der Waals surface area contributed by atoms with E-state index in [4.69, 9.17) is 9.47 Å². The number of anilines is 1. The van der Waals surface area contributed by atoms with Gasteiger partial charge in [-0.05, 0) is 37.5 Å². The highest BCUT2D eigenvalue weighted by atomic mass is 19.3. The van der Waals surface area contributed by atoms with Crippen molar-refractivity contribution >= 4 is 17.7 Å². The van der Waals surface area contributed by atoms with Gasteiger partial charge in [-0.1, -0.05) is 12.8 Å². The minimum absolute atomic E-state index is 0.0701. The van der Waals surface area contributed by atoms with Crippen LogP contribution in [0.5, 0.6) is 5.88 Å². The molecule has 8 nitrogen and oxygen atoms in total. The maximum atomic E-state index is 13.3. The normalized spacial score (nSPS) is 20.5. The van der Waals surface area contributed by atoms with Crippen LogP contribution in [0.25, 0.3) is 0 Å². The lowest BCUT2D eigenvalue weighted by atomic mass is 10.0. The highest BCUT2D eigenvalue weighted by Crippen LogP contribution is 2.37. The first-order valence-electron chi connectivity index (χ1n) is 10.8. The monoisotopic (exact) mass is 438 g/mol. The second-order valence-corrected chi connectivity index (χ2v) is 8.81. The van der Waals surface area contributed by atoms with Gasteiger partial charge in [-0.2, -0.15) is 0 Å². The molecule has 0 spiro atoms. The van der Waals surface area contributed by atoms with Gasteiger partial charge in [0.25, 0.3) is 17.7 Å². The molecule has 1 aromatic heterocycles. The van der Waals surface area contributed by atoms with Gasteiger partial charge >= 0.3 is 5.97 Å². The van der Waals surface area contributed by atoms with E-state index in [1.54, 1.807) is 0 Å². The van der Waals surface area contributed by atoms with Crippen LogP contribution in [0.1, 0.15) is 55.4 Å². The van der Waals surface area contributed by atoms with Gasteiger partial charge in [0.15, 0.2) is 11.5 Å². The van der Waals surface area contributed by atoms with Crippen LogP contribution in [0.15, 0.2) is 6.20 Å². The minimum atomic E-state index is -2.75. The number of nitrogens with zero attached hydrogens (tertiary/aromatic N) is 3. The van der Waals surface area contributed by atoms with Gasteiger partial charge in [0.1, 0.15) is 0 Å². The largest absolute Gasteiger partial charge is 0.475 e. The molecule has 4 rings (SSSR count).